The molecule has 0 fully saturated rings. The molecule has 111 valence electrons. The van der Waals surface area contributed by atoms with E-state index in [4.69, 9.17) is 14.2 Å². The van der Waals surface area contributed by atoms with Crippen molar-refractivity contribution in [1.82, 2.24) is 0 Å². The fourth-order valence-corrected chi connectivity index (χ4v) is 1.37. The Labute approximate surface area is 115 Å². The zero-order valence-corrected chi connectivity index (χ0v) is 11.7. The smallest absolute Gasteiger partial charge is 0.330 e. The van der Waals surface area contributed by atoms with Crippen LogP contribution in [0.4, 0.5) is 0 Å². The maximum absolute atomic E-state index is 10.9. The number of carbonyl (C=O) groups excluding carboxylic acids is 1. The van der Waals surface area contributed by atoms with Gasteiger partial charge in [-0.05, 0) is 26.2 Å². The van der Waals surface area contributed by atoms with Gasteiger partial charge in [-0.3, -0.25) is 0 Å². The van der Waals surface area contributed by atoms with E-state index in [9.17, 15) is 9.90 Å². The van der Waals surface area contributed by atoms with E-state index in [1.54, 1.807) is 0 Å². The molecule has 0 saturated heterocycles. The Bertz CT molecular complexity index is 242. The molecule has 2 unspecified atom stereocenters. The highest BCUT2D eigenvalue weighted by Gasteiger charge is 2.07. The molecule has 0 heterocycles. The average Bonchev–Trinajstić information content (AvgIpc) is 2.38. The first kappa shape index (κ1) is 18.1. The second kappa shape index (κ2) is 12.1. The van der Waals surface area contributed by atoms with Gasteiger partial charge in [0.15, 0.2) is 0 Å². The van der Waals surface area contributed by atoms with Crippen molar-refractivity contribution in [2.45, 2.75) is 38.4 Å². The molecule has 0 aromatic heterocycles. The molecular formula is C14H25O5. The van der Waals surface area contributed by atoms with Gasteiger partial charge >= 0.3 is 5.97 Å². The summed E-state index contributed by atoms with van der Waals surface area (Å²) in [6.07, 6.45) is 2.55. The van der Waals surface area contributed by atoms with E-state index in [0.717, 1.165) is 12.5 Å². The van der Waals surface area contributed by atoms with Gasteiger partial charge in [0.1, 0.15) is 6.10 Å². The summed E-state index contributed by atoms with van der Waals surface area (Å²) in [5.41, 5.74) is 0. The number of carbonyl (C=O) groups is 1. The topological polar surface area (TPSA) is 65.0 Å². The Balaban J connectivity index is 3.38. The minimum atomic E-state index is -0.609. The molecule has 0 aliphatic rings. The second-order valence-electron chi connectivity index (χ2n) is 4.25. The molecule has 2 atom stereocenters. The number of hydrogen-bond donors (Lipinski definition) is 1. The van der Waals surface area contributed by atoms with E-state index < -0.39 is 12.1 Å². The third kappa shape index (κ3) is 11.9. The predicted molar refractivity (Wildman–Crippen MR) is 72.6 cm³/mol. The first-order chi connectivity index (χ1) is 9.10. The van der Waals surface area contributed by atoms with Gasteiger partial charge in [0, 0.05) is 19.3 Å². The third-order valence-electron chi connectivity index (χ3n) is 2.29. The number of rotatable bonds is 12. The quantitative estimate of drug-likeness (QED) is 0.332. The monoisotopic (exact) mass is 273 g/mol. The Morgan fingerprint density at radius 2 is 1.95 bits per heavy atom. The summed E-state index contributed by atoms with van der Waals surface area (Å²) in [4.78, 5) is 10.9. The Hall–Kier alpha value is -0.910. The lowest BCUT2D eigenvalue weighted by Gasteiger charge is -2.13. The summed E-state index contributed by atoms with van der Waals surface area (Å²) < 4.78 is 15.4. The standard InChI is InChI=1S/C14H25O5/c1-4-8-17-10-13(15)11-18-9-6-7-12(3)19-14(16)5-2/h5,12-13,15H,1-2,4,6-11H2,3H3. The van der Waals surface area contributed by atoms with Gasteiger partial charge in [0.25, 0.3) is 0 Å². The van der Waals surface area contributed by atoms with E-state index in [1.165, 1.54) is 0 Å². The highest BCUT2D eigenvalue weighted by Crippen LogP contribution is 2.03. The van der Waals surface area contributed by atoms with E-state index in [1.807, 2.05) is 6.92 Å². The molecule has 0 saturated carbocycles. The Kier molecular flexibility index (Phi) is 11.6. The van der Waals surface area contributed by atoms with Crippen molar-refractivity contribution in [2.75, 3.05) is 26.4 Å². The molecular weight excluding hydrogens is 248 g/mol. The Morgan fingerprint density at radius 1 is 1.32 bits per heavy atom. The van der Waals surface area contributed by atoms with Gasteiger partial charge in [0.05, 0.1) is 19.3 Å². The minimum absolute atomic E-state index is 0.153. The van der Waals surface area contributed by atoms with E-state index >= 15 is 0 Å². The van der Waals surface area contributed by atoms with Gasteiger partial charge in [-0.25, -0.2) is 4.79 Å². The first-order valence-corrected chi connectivity index (χ1v) is 6.56. The molecule has 0 aromatic carbocycles. The van der Waals surface area contributed by atoms with E-state index in [-0.39, 0.29) is 19.3 Å². The lowest BCUT2D eigenvalue weighted by atomic mass is 10.2. The second-order valence-corrected chi connectivity index (χ2v) is 4.25. The van der Waals surface area contributed by atoms with Crippen LogP contribution in [-0.2, 0) is 19.0 Å². The highest BCUT2D eigenvalue weighted by molar-refractivity contribution is 5.81. The van der Waals surface area contributed by atoms with Crippen LogP contribution in [-0.4, -0.2) is 49.7 Å². The maximum atomic E-state index is 10.9. The van der Waals surface area contributed by atoms with Crippen molar-refractivity contribution < 1.29 is 24.1 Å². The van der Waals surface area contributed by atoms with Gasteiger partial charge < -0.3 is 19.3 Å². The molecule has 0 spiro atoms. The number of esters is 1. The van der Waals surface area contributed by atoms with E-state index in [2.05, 4.69) is 13.5 Å². The summed E-state index contributed by atoms with van der Waals surface area (Å²) in [6.45, 7) is 10.4. The largest absolute Gasteiger partial charge is 0.460 e. The zero-order chi connectivity index (χ0) is 14.5. The predicted octanol–water partition coefficient (Wildman–Crippen LogP) is 1.50. The first-order valence-electron chi connectivity index (χ1n) is 6.56. The summed E-state index contributed by atoms with van der Waals surface area (Å²) in [5.74, 6) is -0.411. The van der Waals surface area contributed by atoms with Crippen LogP contribution in [0.2, 0.25) is 0 Å². The summed E-state index contributed by atoms with van der Waals surface area (Å²) >= 11 is 0. The summed E-state index contributed by atoms with van der Waals surface area (Å²) in [5, 5.41) is 9.48. The lowest BCUT2D eigenvalue weighted by molar-refractivity contribution is -0.142. The van der Waals surface area contributed by atoms with Crippen molar-refractivity contribution in [2.24, 2.45) is 0 Å². The fourth-order valence-electron chi connectivity index (χ4n) is 1.37. The van der Waals surface area contributed by atoms with Crippen LogP contribution in [0.5, 0.6) is 0 Å². The molecule has 0 aliphatic heterocycles. The fraction of sp³-hybridized carbons (Fsp3) is 0.714. The van der Waals surface area contributed by atoms with Crippen LogP contribution < -0.4 is 0 Å². The maximum Gasteiger partial charge on any atom is 0.330 e. The van der Waals surface area contributed by atoms with Gasteiger partial charge in [-0.15, -0.1) is 0 Å². The number of aliphatic hydroxyl groups is 1. The molecule has 0 aliphatic carbocycles. The molecule has 1 N–H and O–H groups in total. The summed E-state index contributed by atoms with van der Waals surface area (Å²) in [7, 11) is 0. The molecule has 0 aromatic rings. The SMILES string of the molecule is [CH2]CCOCC(O)COCCCC(C)OC(=O)C=C. The molecule has 5 heteroatoms. The summed E-state index contributed by atoms with van der Waals surface area (Å²) in [6, 6.07) is 0. The van der Waals surface area contributed by atoms with E-state index in [0.29, 0.717) is 26.1 Å². The lowest BCUT2D eigenvalue weighted by Crippen LogP contribution is -2.22. The molecule has 0 amide bonds. The Morgan fingerprint density at radius 3 is 2.53 bits per heavy atom. The number of aliphatic hydroxyl groups excluding tert-OH is 1. The molecule has 5 nitrogen and oxygen atoms in total. The van der Waals surface area contributed by atoms with Crippen molar-refractivity contribution in [3.8, 4) is 0 Å². The van der Waals surface area contributed by atoms with Crippen molar-refractivity contribution in [3.05, 3.63) is 19.6 Å². The van der Waals surface area contributed by atoms with Gasteiger partial charge in [-0.1, -0.05) is 13.5 Å². The zero-order valence-electron chi connectivity index (χ0n) is 11.7. The number of ether oxygens (including phenoxy) is 3. The van der Waals surface area contributed by atoms with Gasteiger partial charge in [-0.2, -0.15) is 0 Å². The van der Waals surface area contributed by atoms with Crippen LogP contribution in [0.3, 0.4) is 0 Å². The van der Waals surface area contributed by atoms with Crippen molar-refractivity contribution in [1.29, 1.82) is 0 Å². The van der Waals surface area contributed by atoms with Crippen LogP contribution in [0.1, 0.15) is 26.2 Å². The molecule has 0 rings (SSSR count). The van der Waals surface area contributed by atoms with Crippen LogP contribution in [0.25, 0.3) is 0 Å². The molecule has 1 radical (unpaired) electrons. The third-order valence-corrected chi connectivity index (χ3v) is 2.29. The highest BCUT2D eigenvalue weighted by atomic mass is 16.5. The van der Waals surface area contributed by atoms with Crippen molar-refractivity contribution in [3.63, 3.8) is 0 Å². The van der Waals surface area contributed by atoms with Crippen LogP contribution >= 0.6 is 0 Å². The van der Waals surface area contributed by atoms with Crippen molar-refractivity contribution >= 4 is 5.97 Å². The van der Waals surface area contributed by atoms with Crippen LogP contribution in [0, 0.1) is 6.92 Å². The number of hydrogen-bond acceptors (Lipinski definition) is 5. The average molecular weight is 273 g/mol. The minimum Gasteiger partial charge on any atom is -0.460 e. The normalized spacial score (nSPS) is 13.8. The van der Waals surface area contributed by atoms with Crippen LogP contribution in [0.15, 0.2) is 12.7 Å². The molecule has 19 heavy (non-hydrogen) atoms. The molecule has 0 bridgehead atoms. The van der Waals surface area contributed by atoms with Gasteiger partial charge in [0.2, 0.25) is 0 Å².